The van der Waals surface area contributed by atoms with E-state index in [1.807, 2.05) is 29.6 Å². The van der Waals surface area contributed by atoms with Gasteiger partial charge in [-0.05, 0) is 35.9 Å². The number of hydrogen-bond donors (Lipinski definition) is 1. The number of thiazole rings is 1. The predicted octanol–water partition coefficient (Wildman–Crippen LogP) is 6.53. The van der Waals surface area contributed by atoms with Gasteiger partial charge in [0, 0.05) is 21.5 Å². The van der Waals surface area contributed by atoms with Crippen molar-refractivity contribution < 1.29 is 4.79 Å². The molecular formula is C18H11BrCl2N2OS. The van der Waals surface area contributed by atoms with E-state index in [0.717, 1.165) is 21.3 Å². The molecule has 0 aliphatic rings. The van der Waals surface area contributed by atoms with E-state index in [0.29, 0.717) is 15.2 Å². The Labute approximate surface area is 167 Å². The SMILES string of the molecule is O=C(/C=C/c1ccc(Cl)c(Cl)c1)Nc1nc(-c2cccc(Br)c2)cs1. The van der Waals surface area contributed by atoms with E-state index in [2.05, 4.69) is 26.2 Å². The summed E-state index contributed by atoms with van der Waals surface area (Å²) in [5, 5.41) is 6.12. The number of rotatable bonds is 4. The molecule has 7 heteroatoms. The number of carbonyl (C=O) groups excluding carboxylic acids is 1. The molecule has 0 radical (unpaired) electrons. The van der Waals surface area contributed by atoms with Crippen LogP contribution in [0.1, 0.15) is 5.56 Å². The second-order valence-corrected chi connectivity index (χ2v) is 7.63. The molecule has 0 bridgehead atoms. The van der Waals surface area contributed by atoms with Crippen molar-refractivity contribution in [2.45, 2.75) is 0 Å². The number of carbonyl (C=O) groups is 1. The molecule has 0 saturated carbocycles. The van der Waals surface area contributed by atoms with Crippen LogP contribution in [0.25, 0.3) is 17.3 Å². The molecular weight excluding hydrogens is 443 g/mol. The lowest BCUT2D eigenvalue weighted by atomic mass is 10.2. The minimum absolute atomic E-state index is 0.263. The molecule has 3 aromatic rings. The first-order valence-corrected chi connectivity index (χ1v) is 9.60. The van der Waals surface area contributed by atoms with Gasteiger partial charge in [-0.3, -0.25) is 10.1 Å². The minimum atomic E-state index is -0.263. The van der Waals surface area contributed by atoms with Crippen molar-refractivity contribution in [3.8, 4) is 11.3 Å². The molecule has 1 aromatic heterocycles. The summed E-state index contributed by atoms with van der Waals surface area (Å²) in [4.78, 5) is 16.5. The lowest BCUT2D eigenvalue weighted by molar-refractivity contribution is -0.111. The molecule has 1 heterocycles. The summed E-state index contributed by atoms with van der Waals surface area (Å²) in [6.45, 7) is 0. The molecule has 0 saturated heterocycles. The highest BCUT2D eigenvalue weighted by atomic mass is 79.9. The quantitative estimate of drug-likeness (QED) is 0.456. The lowest BCUT2D eigenvalue weighted by Crippen LogP contribution is -2.07. The summed E-state index contributed by atoms with van der Waals surface area (Å²) in [5.74, 6) is -0.263. The largest absolute Gasteiger partial charge is 0.298 e. The van der Waals surface area contributed by atoms with Crippen molar-refractivity contribution in [1.82, 2.24) is 4.98 Å². The van der Waals surface area contributed by atoms with E-state index >= 15 is 0 Å². The molecule has 25 heavy (non-hydrogen) atoms. The first-order chi connectivity index (χ1) is 12.0. The standard InChI is InChI=1S/C18H11BrCl2N2OS/c19-13-3-1-2-12(9-13)16-10-25-18(22-16)23-17(24)7-5-11-4-6-14(20)15(21)8-11/h1-10H,(H,22,23,24)/b7-5+. The Hall–Kier alpha value is -1.66. The van der Waals surface area contributed by atoms with Gasteiger partial charge >= 0.3 is 0 Å². The molecule has 0 atom stereocenters. The van der Waals surface area contributed by atoms with Crippen LogP contribution in [0, 0.1) is 0 Å². The zero-order chi connectivity index (χ0) is 17.8. The van der Waals surface area contributed by atoms with Gasteiger partial charge in [-0.25, -0.2) is 4.98 Å². The molecule has 3 rings (SSSR count). The Morgan fingerprint density at radius 3 is 2.76 bits per heavy atom. The monoisotopic (exact) mass is 452 g/mol. The molecule has 0 aliphatic carbocycles. The van der Waals surface area contributed by atoms with Crippen LogP contribution in [-0.2, 0) is 4.79 Å². The van der Waals surface area contributed by atoms with Crippen LogP contribution in [0.15, 0.2) is 58.4 Å². The Bertz CT molecular complexity index is 956. The normalized spacial score (nSPS) is 11.0. The maximum absolute atomic E-state index is 12.0. The van der Waals surface area contributed by atoms with Gasteiger partial charge in [0.05, 0.1) is 15.7 Å². The summed E-state index contributed by atoms with van der Waals surface area (Å²) in [6.07, 6.45) is 3.10. The zero-order valence-corrected chi connectivity index (χ0v) is 16.6. The van der Waals surface area contributed by atoms with Crippen LogP contribution in [0.5, 0.6) is 0 Å². The van der Waals surface area contributed by atoms with Gasteiger partial charge in [-0.1, -0.05) is 57.3 Å². The third-order valence-electron chi connectivity index (χ3n) is 3.23. The number of hydrogen-bond acceptors (Lipinski definition) is 3. The number of aromatic nitrogens is 1. The molecule has 0 fully saturated rings. The van der Waals surface area contributed by atoms with E-state index < -0.39 is 0 Å². The van der Waals surface area contributed by atoms with Gasteiger partial charge < -0.3 is 0 Å². The van der Waals surface area contributed by atoms with Crippen LogP contribution >= 0.6 is 50.5 Å². The van der Waals surface area contributed by atoms with E-state index in [-0.39, 0.29) is 5.91 Å². The Morgan fingerprint density at radius 2 is 2.00 bits per heavy atom. The third-order valence-corrected chi connectivity index (χ3v) is 5.22. The second-order valence-electron chi connectivity index (χ2n) is 5.04. The van der Waals surface area contributed by atoms with E-state index in [9.17, 15) is 4.79 Å². The van der Waals surface area contributed by atoms with E-state index in [1.165, 1.54) is 17.4 Å². The van der Waals surface area contributed by atoms with Gasteiger partial charge in [-0.15, -0.1) is 11.3 Å². The number of halogens is 3. The Kier molecular flexibility index (Phi) is 5.91. The number of benzene rings is 2. The fourth-order valence-electron chi connectivity index (χ4n) is 2.05. The van der Waals surface area contributed by atoms with Crippen molar-refractivity contribution in [1.29, 1.82) is 0 Å². The molecule has 2 aromatic carbocycles. The highest BCUT2D eigenvalue weighted by Crippen LogP contribution is 2.27. The van der Waals surface area contributed by atoms with Gasteiger partial charge in [0.25, 0.3) is 0 Å². The fraction of sp³-hybridized carbons (Fsp3) is 0. The zero-order valence-electron chi connectivity index (χ0n) is 12.7. The number of anilines is 1. The topological polar surface area (TPSA) is 42.0 Å². The van der Waals surface area contributed by atoms with Crippen molar-refractivity contribution in [2.24, 2.45) is 0 Å². The Morgan fingerprint density at radius 1 is 1.16 bits per heavy atom. The first-order valence-electron chi connectivity index (χ1n) is 7.17. The fourth-order valence-corrected chi connectivity index (χ4v) is 3.47. The highest BCUT2D eigenvalue weighted by molar-refractivity contribution is 9.10. The maximum Gasteiger partial charge on any atom is 0.250 e. The Balaban J connectivity index is 1.67. The van der Waals surface area contributed by atoms with Gasteiger partial charge in [0.1, 0.15) is 0 Å². The summed E-state index contributed by atoms with van der Waals surface area (Å²) >= 11 is 16.6. The van der Waals surface area contributed by atoms with Crippen molar-refractivity contribution in [2.75, 3.05) is 5.32 Å². The van der Waals surface area contributed by atoms with E-state index in [4.69, 9.17) is 23.2 Å². The lowest BCUT2D eigenvalue weighted by Gasteiger charge is -1.99. The molecule has 3 nitrogen and oxygen atoms in total. The molecule has 126 valence electrons. The minimum Gasteiger partial charge on any atom is -0.298 e. The smallest absolute Gasteiger partial charge is 0.250 e. The molecule has 0 aliphatic heterocycles. The van der Waals surface area contributed by atoms with E-state index in [1.54, 1.807) is 24.3 Å². The number of nitrogens with zero attached hydrogens (tertiary/aromatic N) is 1. The van der Waals surface area contributed by atoms with Crippen molar-refractivity contribution in [3.05, 3.63) is 74.0 Å². The summed E-state index contributed by atoms with van der Waals surface area (Å²) in [6, 6.07) is 13.0. The average molecular weight is 454 g/mol. The van der Waals surface area contributed by atoms with Gasteiger partial charge in [0.15, 0.2) is 5.13 Å². The van der Waals surface area contributed by atoms with Crippen LogP contribution in [0.4, 0.5) is 5.13 Å². The summed E-state index contributed by atoms with van der Waals surface area (Å²) in [7, 11) is 0. The second kappa shape index (κ2) is 8.15. The average Bonchev–Trinajstić information content (AvgIpc) is 3.04. The molecule has 0 unspecified atom stereocenters. The number of amides is 1. The van der Waals surface area contributed by atoms with Crippen LogP contribution < -0.4 is 5.32 Å². The number of nitrogens with one attached hydrogen (secondary N) is 1. The third kappa shape index (κ3) is 4.92. The van der Waals surface area contributed by atoms with Gasteiger partial charge in [0.2, 0.25) is 5.91 Å². The van der Waals surface area contributed by atoms with Crippen LogP contribution in [0.2, 0.25) is 10.0 Å². The maximum atomic E-state index is 12.0. The molecule has 0 spiro atoms. The first kappa shape index (κ1) is 18.1. The summed E-state index contributed by atoms with van der Waals surface area (Å²) in [5.41, 5.74) is 2.59. The predicted molar refractivity (Wildman–Crippen MR) is 109 cm³/mol. The van der Waals surface area contributed by atoms with Gasteiger partial charge in [-0.2, -0.15) is 0 Å². The summed E-state index contributed by atoms with van der Waals surface area (Å²) < 4.78 is 0.980. The molecule has 1 amide bonds. The molecule has 1 N–H and O–H groups in total. The van der Waals surface area contributed by atoms with Crippen molar-refractivity contribution in [3.63, 3.8) is 0 Å². The van der Waals surface area contributed by atoms with Crippen LogP contribution in [0.3, 0.4) is 0 Å². The highest BCUT2D eigenvalue weighted by Gasteiger charge is 2.07. The van der Waals surface area contributed by atoms with Crippen molar-refractivity contribution >= 4 is 67.6 Å². The van der Waals surface area contributed by atoms with Crippen LogP contribution in [-0.4, -0.2) is 10.9 Å².